The Morgan fingerprint density at radius 1 is 1.06 bits per heavy atom. The lowest BCUT2D eigenvalue weighted by atomic mass is 10.1. The Balaban J connectivity index is 2.34. The molecule has 0 atom stereocenters. The van der Waals surface area contributed by atoms with Crippen LogP contribution in [0.1, 0.15) is 0 Å². The zero-order chi connectivity index (χ0) is 12.3. The number of thiocarbonyl (C=S) groups is 1. The summed E-state index contributed by atoms with van der Waals surface area (Å²) in [6, 6.07) is 14.5. The van der Waals surface area contributed by atoms with Gasteiger partial charge in [-0.3, -0.25) is 0 Å². The van der Waals surface area contributed by atoms with Gasteiger partial charge in [0.15, 0.2) is 5.11 Å². The number of halogens is 1. The number of rotatable bonds is 2. The zero-order valence-electron chi connectivity index (χ0n) is 8.98. The van der Waals surface area contributed by atoms with Crippen LogP contribution in [0, 0.1) is 5.82 Å². The highest BCUT2D eigenvalue weighted by Crippen LogP contribution is 2.23. The van der Waals surface area contributed by atoms with Gasteiger partial charge in [-0.2, -0.15) is 0 Å². The molecule has 0 aliphatic carbocycles. The first-order chi connectivity index (χ1) is 8.16. The molecule has 17 heavy (non-hydrogen) atoms. The molecule has 0 fully saturated rings. The lowest BCUT2D eigenvalue weighted by Gasteiger charge is -2.07. The molecule has 0 amide bonds. The first-order valence-corrected chi connectivity index (χ1v) is 5.49. The fourth-order valence-electron chi connectivity index (χ4n) is 1.56. The van der Waals surface area contributed by atoms with Crippen LogP contribution in [-0.2, 0) is 0 Å². The Kier molecular flexibility index (Phi) is 3.35. The quantitative estimate of drug-likeness (QED) is 0.799. The third kappa shape index (κ3) is 2.79. The molecule has 0 saturated carbocycles. The molecule has 2 aromatic carbocycles. The maximum absolute atomic E-state index is 13.7. The van der Waals surface area contributed by atoms with E-state index in [1.54, 1.807) is 6.07 Å². The van der Waals surface area contributed by atoms with Crippen molar-refractivity contribution in [3.8, 4) is 11.1 Å². The van der Waals surface area contributed by atoms with Gasteiger partial charge < -0.3 is 11.1 Å². The van der Waals surface area contributed by atoms with Gasteiger partial charge >= 0.3 is 0 Å². The molecular formula is C13H11FN2S. The van der Waals surface area contributed by atoms with E-state index in [-0.39, 0.29) is 16.6 Å². The van der Waals surface area contributed by atoms with Crippen LogP contribution in [0.15, 0.2) is 48.5 Å². The summed E-state index contributed by atoms with van der Waals surface area (Å²) in [5, 5.41) is 2.64. The molecule has 0 aliphatic rings. The molecule has 0 bridgehead atoms. The third-order valence-electron chi connectivity index (χ3n) is 2.33. The predicted molar refractivity (Wildman–Crippen MR) is 72.2 cm³/mol. The van der Waals surface area contributed by atoms with Gasteiger partial charge in [0, 0.05) is 0 Å². The number of nitrogens with one attached hydrogen (secondary N) is 1. The molecule has 2 aromatic rings. The summed E-state index contributed by atoms with van der Waals surface area (Å²) in [5.41, 5.74) is 7.37. The second-order valence-corrected chi connectivity index (χ2v) is 3.99. The molecule has 86 valence electrons. The monoisotopic (exact) mass is 246 g/mol. The molecule has 3 N–H and O–H groups in total. The van der Waals surface area contributed by atoms with E-state index in [9.17, 15) is 4.39 Å². The molecule has 2 nitrogen and oxygen atoms in total. The van der Waals surface area contributed by atoms with Crippen molar-refractivity contribution in [2.24, 2.45) is 5.73 Å². The fourth-order valence-corrected chi connectivity index (χ4v) is 1.67. The van der Waals surface area contributed by atoms with Gasteiger partial charge in [-0.15, -0.1) is 0 Å². The van der Waals surface area contributed by atoms with Gasteiger partial charge in [0.05, 0.1) is 5.69 Å². The van der Waals surface area contributed by atoms with E-state index in [1.807, 2.05) is 36.4 Å². The van der Waals surface area contributed by atoms with E-state index < -0.39 is 0 Å². The van der Waals surface area contributed by atoms with E-state index in [2.05, 4.69) is 17.5 Å². The number of hydrogen-bond donors (Lipinski definition) is 2. The second kappa shape index (κ2) is 4.93. The Labute approximate surface area is 104 Å². The van der Waals surface area contributed by atoms with E-state index in [0.29, 0.717) is 0 Å². The molecule has 0 aromatic heterocycles. The van der Waals surface area contributed by atoms with E-state index in [0.717, 1.165) is 11.1 Å². The number of nitrogens with two attached hydrogens (primary N) is 1. The maximum Gasteiger partial charge on any atom is 0.168 e. The second-order valence-electron chi connectivity index (χ2n) is 3.55. The summed E-state index contributed by atoms with van der Waals surface area (Å²) >= 11 is 4.66. The summed E-state index contributed by atoms with van der Waals surface area (Å²) in [6.07, 6.45) is 0. The smallest absolute Gasteiger partial charge is 0.168 e. The molecule has 0 aliphatic heterocycles. The van der Waals surface area contributed by atoms with Gasteiger partial charge in [0.1, 0.15) is 5.82 Å². The molecule has 0 saturated heterocycles. The average Bonchev–Trinajstić information content (AvgIpc) is 2.32. The molecule has 4 heteroatoms. The molecule has 2 rings (SSSR count). The summed E-state index contributed by atoms with van der Waals surface area (Å²) in [7, 11) is 0. The fraction of sp³-hybridized carbons (Fsp3) is 0. The van der Waals surface area contributed by atoms with Crippen molar-refractivity contribution >= 4 is 23.0 Å². The zero-order valence-corrected chi connectivity index (χ0v) is 9.80. The van der Waals surface area contributed by atoms with E-state index in [1.165, 1.54) is 6.07 Å². The summed E-state index contributed by atoms with van der Waals surface area (Å²) < 4.78 is 13.7. The highest BCUT2D eigenvalue weighted by Gasteiger charge is 2.05. The van der Waals surface area contributed by atoms with Crippen LogP contribution in [0.2, 0.25) is 0 Å². The topological polar surface area (TPSA) is 38.0 Å². The molecule has 0 spiro atoms. The van der Waals surface area contributed by atoms with Gasteiger partial charge in [0.25, 0.3) is 0 Å². The van der Waals surface area contributed by atoms with Crippen LogP contribution in [-0.4, -0.2) is 5.11 Å². The SMILES string of the molecule is NC(=S)Nc1ccc(-c2ccccc2)cc1F. The summed E-state index contributed by atoms with van der Waals surface area (Å²) in [6.45, 7) is 0. The Bertz CT molecular complexity index is 540. The lowest BCUT2D eigenvalue weighted by molar-refractivity contribution is 0.632. The highest BCUT2D eigenvalue weighted by atomic mass is 32.1. The van der Waals surface area contributed by atoms with E-state index >= 15 is 0 Å². The van der Waals surface area contributed by atoms with Crippen molar-refractivity contribution < 1.29 is 4.39 Å². The van der Waals surface area contributed by atoms with Crippen molar-refractivity contribution in [3.05, 3.63) is 54.3 Å². The molecular weight excluding hydrogens is 235 g/mol. The van der Waals surface area contributed by atoms with Crippen molar-refractivity contribution in [1.29, 1.82) is 0 Å². The summed E-state index contributed by atoms with van der Waals surface area (Å²) in [4.78, 5) is 0. The van der Waals surface area contributed by atoms with E-state index in [4.69, 9.17) is 5.73 Å². The number of benzene rings is 2. The lowest BCUT2D eigenvalue weighted by Crippen LogP contribution is -2.19. The maximum atomic E-state index is 13.7. The van der Waals surface area contributed by atoms with Gasteiger partial charge in [0.2, 0.25) is 0 Å². The minimum atomic E-state index is -0.376. The minimum absolute atomic E-state index is 0.0522. The first-order valence-electron chi connectivity index (χ1n) is 5.08. The van der Waals surface area contributed by atoms with Crippen LogP contribution in [0.3, 0.4) is 0 Å². The molecule has 0 unspecified atom stereocenters. The highest BCUT2D eigenvalue weighted by molar-refractivity contribution is 7.80. The third-order valence-corrected chi connectivity index (χ3v) is 2.44. The number of hydrogen-bond acceptors (Lipinski definition) is 1. The van der Waals surface area contributed by atoms with Crippen LogP contribution in [0.25, 0.3) is 11.1 Å². The van der Waals surface area contributed by atoms with Crippen LogP contribution in [0.4, 0.5) is 10.1 Å². The van der Waals surface area contributed by atoms with Crippen molar-refractivity contribution in [2.75, 3.05) is 5.32 Å². The minimum Gasteiger partial charge on any atom is -0.376 e. The van der Waals surface area contributed by atoms with Crippen molar-refractivity contribution in [2.45, 2.75) is 0 Å². The van der Waals surface area contributed by atoms with Crippen LogP contribution in [0.5, 0.6) is 0 Å². The molecule has 0 heterocycles. The summed E-state index contributed by atoms with van der Waals surface area (Å²) in [5.74, 6) is -0.376. The predicted octanol–water partition coefficient (Wildman–Crippen LogP) is 3.15. The van der Waals surface area contributed by atoms with Crippen molar-refractivity contribution in [1.82, 2.24) is 0 Å². The largest absolute Gasteiger partial charge is 0.376 e. The normalized spacial score (nSPS) is 9.94. The number of anilines is 1. The van der Waals surface area contributed by atoms with Crippen molar-refractivity contribution in [3.63, 3.8) is 0 Å². The van der Waals surface area contributed by atoms with Gasteiger partial charge in [-0.1, -0.05) is 36.4 Å². The van der Waals surface area contributed by atoms with Gasteiger partial charge in [-0.25, -0.2) is 4.39 Å². The standard InChI is InChI=1S/C13H11FN2S/c14-11-8-10(9-4-2-1-3-5-9)6-7-12(11)16-13(15)17/h1-8H,(H3,15,16,17). The average molecular weight is 246 g/mol. The van der Waals surface area contributed by atoms with Gasteiger partial charge in [-0.05, 0) is 35.5 Å². The van der Waals surface area contributed by atoms with Crippen LogP contribution >= 0.6 is 12.2 Å². The first kappa shape index (κ1) is 11.5. The Morgan fingerprint density at radius 2 is 1.76 bits per heavy atom. The Hall–Kier alpha value is -1.94. The van der Waals surface area contributed by atoms with Crippen LogP contribution < -0.4 is 11.1 Å². The Morgan fingerprint density at radius 3 is 2.35 bits per heavy atom. The molecule has 0 radical (unpaired) electrons.